The molecule has 5 heteroatoms. The van der Waals surface area contributed by atoms with E-state index in [-0.39, 0.29) is 6.04 Å². The van der Waals surface area contributed by atoms with Crippen LogP contribution in [0.1, 0.15) is 34.5 Å². The van der Waals surface area contributed by atoms with Crippen LogP contribution in [0, 0.1) is 6.92 Å². The van der Waals surface area contributed by atoms with Gasteiger partial charge in [-0.05, 0) is 49.2 Å². The Morgan fingerprint density at radius 3 is 2.57 bits per heavy atom. The molecule has 1 unspecified atom stereocenters. The second-order valence-electron chi connectivity index (χ2n) is 4.90. The van der Waals surface area contributed by atoms with E-state index in [0.29, 0.717) is 15.6 Å². The summed E-state index contributed by atoms with van der Waals surface area (Å²) < 4.78 is 0. The number of nitrogens with one attached hydrogen (secondary N) is 1. The molecule has 1 atom stereocenters. The van der Waals surface area contributed by atoms with Crippen molar-refractivity contribution in [3.05, 3.63) is 63.1 Å². The first kappa shape index (κ1) is 15.7. The molecule has 0 heterocycles. The fourth-order valence-corrected chi connectivity index (χ4v) is 2.62. The van der Waals surface area contributed by atoms with Crippen molar-refractivity contribution in [3.8, 4) is 0 Å². The fraction of sp³-hybridized carbons (Fsp3) is 0.188. The van der Waals surface area contributed by atoms with Crippen molar-refractivity contribution in [1.82, 2.24) is 0 Å². The van der Waals surface area contributed by atoms with Crippen molar-refractivity contribution >= 4 is 34.8 Å². The Morgan fingerprint density at radius 2 is 1.95 bits per heavy atom. The van der Waals surface area contributed by atoms with Gasteiger partial charge < -0.3 is 11.1 Å². The molecule has 0 saturated carbocycles. The van der Waals surface area contributed by atoms with Crippen LogP contribution in [0.25, 0.3) is 0 Å². The van der Waals surface area contributed by atoms with Crippen molar-refractivity contribution < 1.29 is 4.79 Å². The van der Waals surface area contributed by atoms with E-state index in [1.807, 2.05) is 32.0 Å². The van der Waals surface area contributed by atoms with Gasteiger partial charge in [-0.15, -0.1) is 0 Å². The van der Waals surface area contributed by atoms with E-state index in [4.69, 9.17) is 28.9 Å². The fourth-order valence-electron chi connectivity index (χ4n) is 2.14. The molecule has 0 fully saturated rings. The molecular formula is C16H16Cl2N2O. The number of nitrogens with two attached hydrogens (primary N) is 1. The maximum Gasteiger partial charge on any atom is 0.248 e. The molecule has 0 aromatic heterocycles. The van der Waals surface area contributed by atoms with Crippen LogP contribution in [0.3, 0.4) is 0 Å². The van der Waals surface area contributed by atoms with Crippen LogP contribution in [0.5, 0.6) is 0 Å². The Bertz CT molecular complexity index is 686. The molecule has 0 aliphatic rings. The predicted molar refractivity (Wildman–Crippen MR) is 88.2 cm³/mol. The number of amides is 1. The van der Waals surface area contributed by atoms with Crippen LogP contribution < -0.4 is 11.1 Å². The molecule has 3 N–H and O–H groups in total. The minimum atomic E-state index is -0.435. The second-order valence-corrected chi connectivity index (χ2v) is 5.69. The predicted octanol–water partition coefficient (Wildman–Crippen LogP) is 4.57. The Kier molecular flexibility index (Phi) is 4.76. The summed E-state index contributed by atoms with van der Waals surface area (Å²) in [4.78, 5) is 11.2. The zero-order valence-corrected chi connectivity index (χ0v) is 13.3. The minimum absolute atomic E-state index is 0.0191. The van der Waals surface area contributed by atoms with E-state index in [9.17, 15) is 4.79 Å². The molecule has 2 aromatic carbocycles. The van der Waals surface area contributed by atoms with Gasteiger partial charge in [-0.1, -0.05) is 35.3 Å². The summed E-state index contributed by atoms with van der Waals surface area (Å²) in [7, 11) is 0. The SMILES string of the molecule is Cc1cc(C(N)=O)ccc1NC(C)c1cccc(Cl)c1Cl. The number of carbonyl (C=O) groups is 1. The molecule has 2 rings (SSSR count). The van der Waals surface area contributed by atoms with Crippen LogP contribution in [0.4, 0.5) is 5.69 Å². The van der Waals surface area contributed by atoms with E-state index < -0.39 is 5.91 Å². The summed E-state index contributed by atoms with van der Waals surface area (Å²) in [5.41, 5.74) is 8.54. The van der Waals surface area contributed by atoms with Gasteiger partial charge in [0, 0.05) is 11.3 Å². The van der Waals surface area contributed by atoms with Crippen LogP contribution in [-0.2, 0) is 0 Å². The van der Waals surface area contributed by atoms with Crippen molar-refractivity contribution in [2.75, 3.05) is 5.32 Å². The number of halogens is 2. The number of anilines is 1. The largest absolute Gasteiger partial charge is 0.378 e. The summed E-state index contributed by atoms with van der Waals surface area (Å²) >= 11 is 12.3. The molecule has 1 amide bonds. The molecule has 0 aliphatic heterocycles. The zero-order valence-electron chi connectivity index (χ0n) is 11.8. The highest BCUT2D eigenvalue weighted by Gasteiger charge is 2.13. The highest BCUT2D eigenvalue weighted by Crippen LogP contribution is 2.32. The molecule has 0 spiro atoms. The molecule has 0 saturated heterocycles. The van der Waals surface area contributed by atoms with Gasteiger partial charge in [-0.3, -0.25) is 4.79 Å². The third-order valence-corrected chi connectivity index (χ3v) is 4.16. The van der Waals surface area contributed by atoms with Crippen molar-refractivity contribution in [1.29, 1.82) is 0 Å². The van der Waals surface area contributed by atoms with Crippen LogP contribution in [-0.4, -0.2) is 5.91 Å². The monoisotopic (exact) mass is 322 g/mol. The summed E-state index contributed by atoms with van der Waals surface area (Å²) in [5, 5.41) is 4.44. The van der Waals surface area contributed by atoms with E-state index in [1.54, 1.807) is 18.2 Å². The molecule has 21 heavy (non-hydrogen) atoms. The van der Waals surface area contributed by atoms with Gasteiger partial charge in [-0.25, -0.2) is 0 Å². The van der Waals surface area contributed by atoms with Gasteiger partial charge in [0.15, 0.2) is 0 Å². The van der Waals surface area contributed by atoms with E-state index >= 15 is 0 Å². The lowest BCUT2D eigenvalue weighted by Gasteiger charge is -2.19. The number of benzene rings is 2. The number of primary amides is 1. The van der Waals surface area contributed by atoms with E-state index in [1.165, 1.54) is 0 Å². The van der Waals surface area contributed by atoms with Crippen LogP contribution in [0.15, 0.2) is 36.4 Å². The third kappa shape index (κ3) is 3.49. The quantitative estimate of drug-likeness (QED) is 0.866. The summed E-state index contributed by atoms with van der Waals surface area (Å²) in [6, 6.07) is 10.8. The average molecular weight is 323 g/mol. The Labute approximate surface area is 134 Å². The molecular weight excluding hydrogens is 307 g/mol. The average Bonchev–Trinajstić information content (AvgIpc) is 2.43. The maximum absolute atomic E-state index is 11.2. The number of carbonyl (C=O) groups excluding carboxylic acids is 1. The van der Waals surface area contributed by atoms with Gasteiger partial charge in [0.25, 0.3) is 0 Å². The smallest absolute Gasteiger partial charge is 0.248 e. The highest BCUT2D eigenvalue weighted by molar-refractivity contribution is 6.42. The summed E-state index contributed by atoms with van der Waals surface area (Å²) in [6.45, 7) is 3.92. The lowest BCUT2D eigenvalue weighted by atomic mass is 10.1. The number of rotatable bonds is 4. The Morgan fingerprint density at radius 1 is 1.24 bits per heavy atom. The maximum atomic E-state index is 11.2. The Balaban J connectivity index is 2.25. The van der Waals surface area contributed by atoms with Gasteiger partial charge in [0.05, 0.1) is 16.1 Å². The number of hydrogen-bond donors (Lipinski definition) is 2. The third-order valence-electron chi connectivity index (χ3n) is 3.33. The first-order valence-electron chi connectivity index (χ1n) is 6.51. The summed E-state index contributed by atoms with van der Waals surface area (Å²) in [5.74, 6) is -0.435. The molecule has 2 aromatic rings. The van der Waals surface area contributed by atoms with Crippen molar-refractivity contribution in [2.45, 2.75) is 19.9 Å². The topological polar surface area (TPSA) is 55.1 Å². The first-order valence-corrected chi connectivity index (χ1v) is 7.26. The zero-order chi connectivity index (χ0) is 15.6. The van der Waals surface area contributed by atoms with Crippen LogP contribution in [0.2, 0.25) is 10.0 Å². The normalized spacial score (nSPS) is 12.0. The van der Waals surface area contributed by atoms with Crippen molar-refractivity contribution in [2.24, 2.45) is 5.73 Å². The molecule has 0 bridgehead atoms. The van der Waals surface area contributed by atoms with E-state index in [0.717, 1.165) is 16.8 Å². The van der Waals surface area contributed by atoms with Gasteiger partial charge in [-0.2, -0.15) is 0 Å². The minimum Gasteiger partial charge on any atom is -0.378 e. The van der Waals surface area contributed by atoms with Gasteiger partial charge in [0.1, 0.15) is 0 Å². The highest BCUT2D eigenvalue weighted by atomic mass is 35.5. The molecule has 110 valence electrons. The standard InChI is InChI=1S/C16H16Cl2N2O/c1-9-8-11(16(19)21)6-7-14(9)20-10(2)12-4-3-5-13(17)15(12)18/h3-8,10,20H,1-2H3,(H2,19,21). The van der Waals surface area contributed by atoms with E-state index in [2.05, 4.69) is 5.32 Å². The first-order chi connectivity index (χ1) is 9.90. The molecule has 3 nitrogen and oxygen atoms in total. The Hall–Kier alpha value is -1.71. The number of aryl methyl sites for hydroxylation is 1. The van der Waals surface area contributed by atoms with Gasteiger partial charge in [0.2, 0.25) is 5.91 Å². The lowest BCUT2D eigenvalue weighted by Crippen LogP contribution is -2.12. The van der Waals surface area contributed by atoms with Gasteiger partial charge >= 0.3 is 0 Å². The van der Waals surface area contributed by atoms with Crippen LogP contribution >= 0.6 is 23.2 Å². The molecule has 0 radical (unpaired) electrons. The number of hydrogen-bond acceptors (Lipinski definition) is 2. The summed E-state index contributed by atoms with van der Waals surface area (Å²) in [6.07, 6.45) is 0. The van der Waals surface area contributed by atoms with Crippen molar-refractivity contribution in [3.63, 3.8) is 0 Å². The molecule has 0 aliphatic carbocycles. The second kappa shape index (κ2) is 6.37. The lowest BCUT2D eigenvalue weighted by molar-refractivity contribution is 0.1000.